The van der Waals surface area contributed by atoms with Gasteiger partial charge >= 0.3 is 11.9 Å². The van der Waals surface area contributed by atoms with Gasteiger partial charge in [0.2, 0.25) is 0 Å². The molecule has 0 aromatic rings. The minimum absolute atomic E-state index is 0.0387. The van der Waals surface area contributed by atoms with E-state index in [-0.39, 0.29) is 26.1 Å². The predicted octanol–water partition coefficient (Wildman–Crippen LogP) is 11.5. The maximum Gasteiger partial charge on any atom is 0.306 e. The van der Waals surface area contributed by atoms with E-state index < -0.39 is 32.5 Å². The van der Waals surface area contributed by atoms with Gasteiger partial charge in [-0.3, -0.25) is 14.2 Å². The van der Waals surface area contributed by atoms with Crippen LogP contribution in [0.1, 0.15) is 181 Å². The molecule has 0 aliphatic heterocycles. The summed E-state index contributed by atoms with van der Waals surface area (Å²) in [5, 5.41) is 0. The lowest BCUT2D eigenvalue weighted by atomic mass is 10.1. The van der Waals surface area contributed by atoms with Gasteiger partial charge in [-0.2, -0.15) is 0 Å². The Morgan fingerprint density at radius 2 is 1.04 bits per heavy atom. The minimum Gasteiger partial charge on any atom is -0.756 e. The Hall–Kier alpha value is -1.77. The quantitative estimate of drug-likeness (QED) is 0.0151. The lowest BCUT2D eigenvalue weighted by Gasteiger charge is -2.28. The van der Waals surface area contributed by atoms with Crippen molar-refractivity contribution in [3.05, 3.63) is 36.5 Å². The molecule has 0 radical (unpaired) electrons. The SMILES string of the molecule is CCCCCC/C=C/C=C/CCCCCCCC(=O)O[C@H](COC(=O)CC/C=C/CCCCCCCCCCCCC)COP(=O)([O-])OCC[N+](C)(C)C. The molecule has 0 aromatic heterocycles. The molecule has 0 bridgehead atoms. The van der Waals surface area contributed by atoms with E-state index in [1.807, 2.05) is 27.2 Å². The zero-order valence-electron chi connectivity index (χ0n) is 35.4. The molecule has 10 heteroatoms. The molecule has 0 rings (SSSR count). The number of nitrogens with zero attached hydrogens (tertiary/aromatic N) is 1. The average molecular weight is 784 g/mol. The van der Waals surface area contributed by atoms with E-state index in [4.69, 9.17) is 18.5 Å². The number of esters is 2. The van der Waals surface area contributed by atoms with Crippen LogP contribution in [0.2, 0.25) is 0 Å². The van der Waals surface area contributed by atoms with Crippen LogP contribution < -0.4 is 4.89 Å². The molecule has 0 N–H and O–H groups in total. The van der Waals surface area contributed by atoms with Gasteiger partial charge in [-0.15, -0.1) is 0 Å². The first-order valence-electron chi connectivity index (χ1n) is 21.7. The third-order valence-corrected chi connectivity index (χ3v) is 10.1. The molecule has 0 spiro atoms. The van der Waals surface area contributed by atoms with Crippen LogP contribution in [0, 0.1) is 0 Å². The molecule has 0 saturated carbocycles. The number of unbranched alkanes of at least 4 members (excludes halogenated alkanes) is 20. The predicted molar refractivity (Wildman–Crippen MR) is 222 cm³/mol. The lowest BCUT2D eigenvalue weighted by Crippen LogP contribution is -2.37. The Kier molecular flexibility index (Phi) is 35.6. The second-order valence-electron chi connectivity index (χ2n) is 15.7. The van der Waals surface area contributed by atoms with Gasteiger partial charge in [0.15, 0.2) is 6.10 Å². The summed E-state index contributed by atoms with van der Waals surface area (Å²) >= 11 is 0. The fourth-order valence-electron chi connectivity index (χ4n) is 5.72. The molecule has 2 atom stereocenters. The van der Waals surface area contributed by atoms with E-state index in [9.17, 15) is 19.0 Å². The number of hydrogen-bond acceptors (Lipinski definition) is 8. The van der Waals surface area contributed by atoms with Gasteiger partial charge in [0.25, 0.3) is 7.82 Å². The molecule has 0 aliphatic rings. The first-order chi connectivity index (χ1) is 26.0. The number of quaternary nitrogens is 1. The maximum atomic E-state index is 12.6. The van der Waals surface area contributed by atoms with Crippen molar-refractivity contribution in [3.63, 3.8) is 0 Å². The van der Waals surface area contributed by atoms with Crippen LogP contribution in [0.25, 0.3) is 0 Å². The summed E-state index contributed by atoms with van der Waals surface area (Å²) < 4.78 is 33.8. The Bertz CT molecular complexity index is 1020. The van der Waals surface area contributed by atoms with Crippen molar-refractivity contribution < 1.29 is 42.1 Å². The van der Waals surface area contributed by atoms with Crippen LogP contribution in [0.4, 0.5) is 0 Å². The van der Waals surface area contributed by atoms with Gasteiger partial charge in [0.05, 0.1) is 27.7 Å². The summed E-state index contributed by atoms with van der Waals surface area (Å²) in [6.45, 7) is 4.14. The summed E-state index contributed by atoms with van der Waals surface area (Å²) in [6.07, 6.45) is 40.4. The van der Waals surface area contributed by atoms with Crippen molar-refractivity contribution in [2.24, 2.45) is 0 Å². The Morgan fingerprint density at radius 3 is 1.57 bits per heavy atom. The van der Waals surface area contributed by atoms with Crippen molar-refractivity contribution in [2.45, 2.75) is 187 Å². The van der Waals surface area contributed by atoms with Crippen LogP contribution in [0.15, 0.2) is 36.5 Å². The standard InChI is InChI=1S/C44H82NO8P/c1-6-8-10-12-14-16-18-20-22-24-26-28-30-32-34-36-43(46)50-40-42(41-52-54(48,49)51-39-38-45(3,4)5)53-44(47)37-35-33-31-29-27-25-23-21-19-17-15-13-11-9-7-2/h17,19,21,23,30,32,42H,6-16,18,20,22,24-29,31,33-41H2,1-5H3/b19-17+,23-21+,32-30+/t42-/m1/s1. The highest BCUT2D eigenvalue weighted by molar-refractivity contribution is 7.45. The van der Waals surface area contributed by atoms with Gasteiger partial charge < -0.3 is 27.9 Å². The number of likely N-dealkylation sites (N-methyl/N-ethyl adjacent to an activating group) is 1. The van der Waals surface area contributed by atoms with E-state index >= 15 is 0 Å². The Morgan fingerprint density at radius 1 is 0.574 bits per heavy atom. The third kappa shape index (κ3) is 39.9. The number of carbonyl (C=O) groups is 2. The van der Waals surface area contributed by atoms with Crippen LogP contribution >= 0.6 is 7.82 Å². The first kappa shape index (κ1) is 52.2. The number of hydrogen-bond donors (Lipinski definition) is 0. The molecule has 0 saturated heterocycles. The van der Waals surface area contributed by atoms with Crippen LogP contribution in [-0.4, -0.2) is 70.0 Å². The molecule has 0 aliphatic carbocycles. The van der Waals surface area contributed by atoms with Gasteiger partial charge in [-0.25, -0.2) is 0 Å². The lowest BCUT2D eigenvalue weighted by molar-refractivity contribution is -0.870. The molecule has 9 nitrogen and oxygen atoms in total. The molecular weight excluding hydrogens is 701 g/mol. The van der Waals surface area contributed by atoms with Gasteiger partial charge in [-0.05, 0) is 51.4 Å². The van der Waals surface area contributed by atoms with Crippen LogP contribution in [0.5, 0.6) is 0 Å². The highest BCUT2D eigenvalue weighted by atomic mass is 31.2. The molecule has 0 amide bonds. The molecule has 0 fully saturated rings. The van der Waals surface area contributed by atoms with E-state index in [0.29, 0.717) is 23.9 Å². The Labute approximate surface area is 331 Å². The third-order valence-electron chi connectivity index (χ3n) is 9.17. The van der Waals surface area contributed by atoms with E-state index in [2.05, 4.69) is 44.2 Å². The topological polar surface area (TPSA) is 111 Å². The number of phosphoric ester groups is 1. The van der Waals surface area contributed by atoms with Crippen molar-refractivity contribution in [2.75, 3.05) is 47.5 Å². The number of ether oxygens (including phenoxy) is 2. The molecule has 0 aromatic carbocycles. The summed E-state index contributed by atoms with van der Waals surface area (Å²) in [5.74, 6) is -0.908. The van der Waals surface area contributed by atoms with Crippen LogP contribution in [-0.2, 0) is 32.7 Å². The van der Waals surface area contributed by atoms with Gasteiger partial charge in [0.1, 0.15) is 19.8 Å². The fourth-order valence-corrected chi connectivity index (χ4v) is 6.45. The summed E-state index contributed by atoms with van der Waals surface area (Å²) in [4.78, 5) is 37.4. The number of rotatable bonds is 39. The average Bonchev–Trinajstić information content (AvgIpc) is 3.12. The van der Waals surface area contributed by atoms with Crippen LogP contribution in [0.3, 0.4) is 0 Å². The summed E-state index contributed by atoms with van der Waals surface area (Å²) in [6, 6.07) is 0. The van der Waals surface area contributed by atoms with Crippen molar-refractivity contribution in [1.29, 1.82) is 0 Å². The van der Waals surface area contributed by atoms with Crippen molar-refractivity contribution in [3.8, 4) is 0 Å². The maximum absolute atomic E-state index is 12.6. The van der Waals surface area contributed by atoms with Crippen molar-refractivity contribution in [1.82, 2.24) is 0 Å². The number of phosphoric acid groups is 1. The highest BCUT2D eigenvalue weighted by Crippen LogP contribution is 2.38. The van der Waals surface area contributed by atoms with E-state index in [1.54, 1.807) is 0 Å². The second-order valence-corrected chi connectivity index (χ2v) is 17.1. The Balaban J connectivity index is 4.44. The molecule has 0 heterocycles. The normalized spacial score (nSPS) is 14.0. The molecule has 54 heavy (non-hydrogen) atoms. The van der Waals surface area contributed by atoms with Crippen molar-refractivity contribution >= 4 is 19.8 Å². The molecule has 1 unspecified atom stereocenters. The second kappa shape index (κ2) is 36.8. The number of allylic oxidation sites excluding steroid dienone is 6. The highest BCUT2D eigenvalue weighted by Gasteiger charge is 2.21. The summed E-state index contributed by atoms with van der Waals surface area (Å²) in [5.41, 5.74) is 0. The summed E-state index contributed by atoms with van der Waals surface area (Å²) in [7, 11) is 1.14. The van der Waals surface area contributed by atoms with E-state index in [1.165, 1.54) is 89.9 Å². The fraction of sp³-hybridized carbons (Fsp3) is 0.818. The first-order valence-corrected chi connectivity index (χ1v) is 23.2. The minimum atomic E-state index is -4.63. The van der Waals surface area contributed by atoms with E-state index in [0.717, 1.165) is 51.4 Å². The monoisotopic (exact) mass is 784 g/mol. The number of carbonyl (C=O) groups excluding carboxylic acids is 2. The molecular formula is C44H82NO8P. The van der Waals surface area contributed by atoms with Gasteiger partial charge in [-0.1, -0.05) is 153 Å². The zero-order chi connectivity index (χ0) is 40.0. The largest absolute Gasteiger partial charge is 0.756 e. The zero-order valence-corrected chi connectivity index (χ0v) is 36.3. The van der Waals surface area contributed by atoms with Gasteiger partial charge in [0, 0.05) is 12.8 Å². The smallest absolute Gasteiger partial charge is 0.306 e. The molecule has 316 valence electrons.